The van der Waals surface area contributed by atoms with E-state index in [0.717, 1.165) is 6.29 Å². The molecule has 1 aromatic rings. The number of rotatable bonds is 9. The van der Waals surface area contributed by atoms with E-state index in [9.17, 15) is 24.8 Å². The normalized spacial score (nSPS) is 23.4. The predicted octanol–water partition coefficient (Wildman–Crippen LogP) is 2.70. The van der Waals surface area contributed by atoms with Crippen molar-refractivity contribution in [2.45, 2.75) is 72.5 Å². The molecular weight excluding hydrogens is 406 g/mol. The topological polar surface area (TPSA) is 142 Å². The monoisotopic (exact) mass is 437 g/mol. The molecule has 4 atom stereocenters. The fourth-order valence-electron chi connectivity index (χ4n) is 3.84. The maximum absolute atomic E-state index is 12.0. The van der Waals surface area contributed by atoms with E-state index in [1.165, 1.54) is 6.92 Å². The molecular formula is C21H31N3O7. The maximum Gasteiger partial charge on any atom is 0.351 e. The summed E-state index contributed by atoms with van der Waals surface area (Å²) >= 11 is 0. The van der Waals surface area contributed by atoms with Crippen molar-refractivity contribution >= 4 is 17.9 Å². The van der Waals surface area contributed by atoms with Crippen molar-refractivity contribution in [1.29, 1.82) is 0 Å². The van der Waals surface area contributed by atoms with Crippen LogP contribution in [0.25, 0.3) is 0 Å². The largest absolute Gasteiger partial charge is 0.466 e. The van der Waals surface area contributed by atoms with Crippen molar-refractivity contribution in [3.63, 3.8) is 0 Å². The molecule has 10 heteroatoms. The van der Waals surface area contributed by atoms with Crippen LogP contribution in [0.3, 0.4) is 0 Å². The van der Waals surface area contributed by atoms with Crippen molar-refractivity contribution in [3.05, 3.63) is 21.6 Å². The van der Waals surface area contributed by atoms with E-state index in [0.29, 0.717) is 25.1 Å². The van der Waals surface area contributed by atoms with Crippen molar-refractivity contribution in [2.75, 3.05) is 6.61 Å². The summed E-state index contributed by atoms with van der Waals surface area (Å²) in [5, 5.41) is 22.4. The van der Waals surface area contributed by atoms with Crippen LogP contribution < -0.4 is 4.74 Å². The summed E-state index contributed by atoms with van der Waals surface area (Å²) in [6.45, 7) is 8.54. The second kappa shape index (κ2) is 10.1. The Balaban J connectivity index is 2.18. The van der Waals surface area contributed by atoms with Gasteiger partial charge in [-0.3, -0.25) is 14.9 Å². The summed E-state index contributed by atoms with van der Waals surface area (Å²) in [6, 6.07) is 0. The fraction of sp³-hybridized carbons (Fsp3) is 0.714. The Morgan fingerprint density at radius 1 is 1.26 bits per heavy atom. The van der Waals surface area contributed by atoms with Gasteiger partial charge >= 0.3 is 11.7 Å². The van der Waals surface area contributed by atoms with E-state index in [1.807, 2.05) is 0 Å². The van der Waals surface area contributed by atoms with Gasteiger partial charge < -0.3 is 19.4 Å². The first-order valence-corrected chi connectivity index (χ1v) is 10.4. The Bertz CT molecular complexity index is 822. The lowest BCUT2D eigenvalue weighted by Gasteiger charge is -2.24. The van der Waals surface area contributed by atoms with Crippen LogP contribution in [0.1, 0.15) is 58.0 Å². The lowest BCUT2D eigenvalue weighted by Crippen LogP contribution is -2.35. The molecule has 1 aliphatic carbocycles. The molecule has 172 valence electrons. The highest BCUT2D eigenvalue weighted by atomic mass is 16.6. The van der Waals surface area contributed by atoms with Gasteiger partial charge in [0.2, 0.25) is 0 Å². The molecule has 0 bridgehead atoms. The minimum atomic E-state index is -0.944. The molecule has 0 aliphatic heterocycles. The molecule has 10 nitrogen and oxygen atoms in total. The van der Waals surface area contributed by atoms with Gasteiger partial charge in [-0.05, 0) is 65.7 Å². The number of carbonyl (C=O) groups excluding carboxylic acids is 2. The van der Waals surface area contributed by atoms with Crippen LogP contribution in [0.5, 0.6) is 5.88 Å². The first-order valence-electron chi connectivity index (χ1n) is 10.4. The number of nitro groups is 1. The Labute approximate surface area is 181 Å². The third-order valence-electron chi connectivity index (χ3n) is 5.45. The average molecular weight is 437 g/mol. The lowest BCUT2D eigenvalue weighted by molar-refractivity contribution is -0.387. The van der Waals surface area contributed by atoms with Gasteiger partial charge in [-0.1, -0.05) is 0 Å². The number of esters is 1. The SMILES string of the molecule is Cc1nc(C)c([N+](=O)[O-])c(O[C@H]2[C@@H](CCC=O)C[C@H](CCOC(=O)C(C)(C)C)[C@H]2O)n1. The van der Waals surface area contributed by atoms with Crippen LogP contribution >= 0.6 is 0 Å². The molecule has 0 saturated heterocycles. The highest BCUT2D eigenvalue weighted by molar-refractivity contribution is 5.75. The number of aliphatic hydroxyl groups is 1. The summed E-state index contributed by atoms with van der Waals surface area (Å²) in [5.74, 6) is -0.625. The highest BCUT2D eigenvalue weighted by Crippen LogP contribution is 2.40. The summed E-state index contributed by atoms with van der Waals surface area (Å²) in [4.78, 5) is 41.9. The van der Waals surface area contributed by atoms with E-state index < -0.39 is 22.5 Å². The van der Waals surface area contributed by atoms with Gasteiger partial charge in [0.25, 0.3) is 5.88 Å². The molecule has 1 aromatic heterocycles. The number of hydrogen-bond donors (Lipinski definition) is 1. The molecule has 0 aromatic carbocycles. The number of aldehydes is 1. The van der Waals surface area contributed by atoms with Crippen molar-refractivity contribution in [3.8, 4) is 5.88 Å². The third kappa shape index (κ3) is 6.19. The quantitative estimate of drug-likeness (QED) is 0.267. The number of ether oxygens (including phenoxy) is 2. The molecule has 0 unspecified atom stereocenters. The minimum absolute atomic E-state index is 0.150. The minimum Gasteiger partial charge on any atom is -0.466 e. The zero-order valence-electron chi connectivity index (χ0n) is 18.7. The number of aliphatic hydroxyl groups excluding tert-OH is 1. The van der Waals surface area contributed by atoms with Crippen molar-refractivity contribution in [2.24, 2.45) is 17.3 Å². The molecule has 1 fully saturated rings. The second-order valence-electron chi connectivity index (χ2n) is 9.01. The maximum atomic E-state index is 12.0. The van der Waals surface area contributed by atoms with Gasteiger partial charge in [-0.2, -0.15) is 4.98 Å². The molecule has 0 spiro atoms. The summed E-state index contributed by atoms with van der Waals surface area (Å²) in [6.07, 6.45) is 0.806. The zero-order chi connectivity index (χ0) is 23.3. The number of aryl methyl sites for hydroxylation is 2. The summed E-state index contributed by atoms with van der Waals surface area (Å²) < 4.78 is 11.2. The second-order valence-corrected chi connectivity index (χ2v) is 9.01. The number of carbonyl (C=O) groups is 2. The Kier molecular flexibility index (Phi) is 8.05. The van der Waals surface area contributed by atoms with Crippen LogP contribution in [0.4, 0.5) is 5.69 Å². The van der Waals surface area contributed by atoms with Crippen LogP contribution in [-0.2, 0) is 14.3 Å². The van der Waals surface area contributed by atoms with Crippen LogP contribution in [0, 0.1) is 41.2 Å². The van der Waals surface area contributed by atoms with Gasteiger partial charge in [0, 0.05) is 6.42 Å². The molecule has 2 rings (SSSR count). The van der Waals surface area contributed by atoms with Crippen molar-refractivity contribution in [1.82, 2.24) is 9.97 Å². The van der Waals surface area contributed by atoms with Crippen LogP contribution in [-0.4, -0.2) is 51.1 Å². The predicted molar refractivity (Wildman–Crippen MR) is 111 cm³/mol. The average Bonchev–Trinajstić information content (AvgIpc) is 2.93. The molecule has 1 heterocycles. The first-order chi connectivity index (χ1) is 14.5. The molecule has 0 amide bonds. The molecule has 1 saturated carbocycles. The Morgan fingerprint density at radius 2 is 1.94 bits per heavy atom. The summed E-state index contributed by atoms with van der Waals surface area (Å²) in [7, 11) is 0. The standard InChI is InChI=1S/C21H31N3O7/c1-12-16(24(28)29)19(23-13(2)22-12)31-18-15(7-6-9-25)11-14(17(18)26)8-10-30-20(27)21(3,4)5/h9,14-15,17-18,26H,6-8,10-11H2,1-5H3/t14-,15-,17+,18-/m0/s1. The van der Waals surface area contributed by atoms with Gasteiger partial charge in [-0.25, -0.2) is 4.98 Å². The van der Waals surface area contributed by atoms with E-state index >= 15 is 0 Å². The molecule has 0 radical (unpaired) electrons. The third-order valence-corrected chi connectivity index (χ3v) is 5.45. The number of aromatic nitrogens is 2. The highest BCUT2D eigenvalue weighted by Gasteiger charge is 2.45. The molecule has 1 N–H and O–H groups in total. The zero-order valence-corrected chi connectivity index (χ0v) is 18.7. The Hall–Kier alpha value is -2.62. The summed E-state index contributed by atoms with van der Waals surface area (Å²) in [5.41, 5.74) is -0.779. The van der Waals surface area contributed by atoms with Crippen LogP contribution in [0.2, 0.25) is 0 Å². The van der Waals surface area contributed by atoms with Gasteiger partial charge in [-0.15, -0.1) is 0 Å². The van der Waals surface area contributed by atoms with E-state index in [1.54, 1.807) is 27.7 Å². The smallest absolute Gasteiger partial charge is 0.351 e. The fourth-order valence-corrected chi connectivity index (χ4v) is 3.84. The van der Waals surface area contributed by atoms with Crippen LogP contribution in [0.15, 0.2) is 0 Å². The van der Waals surface area contributed by atoms with E-state index in [2.05, 4.69) is 9.97 Å². The number of hydrogen-bond acceptors (Lipinski definition) is 9. The van der Waals surface area contributed by atoms with Crippen molar-refractivity contribution < 1.29 is 29.1 Å². The molecule has 1 aliphatic rings. The number of nitrogens with zero attached hydrogens (tertiary/aromatic N) is 3. The van der Waals surface area contributed by atoms with Gasteiger partial charge in [0.15, 0.2) is 0 Å². The first kappa shape index (κ1) is 24.6. The molecule has 31 heavy (non-hydrogen) atoms. The van der Waals surface area contributed by atoms with Gasteiger partial charge in [0.05, 0.1) is 23.0 Å². The van der Waals surface area contributed by atoms with E-state index in [-0.39, 0.29) is 48.1 Å². The lowest BCUT2D eigenvalue weighted by atomic mass is 9.97. The Morgan fingerprint density at radius 3 is 2.52 bits per heavy atom. The van der Waals surface area contributed by atoms with Gasteiger partial charge in [0.1, 0.15) is 23.9 Å². The van der Waals surface area contributed by atoms with E-state index in [4.69, 9.17) is 9.47 Å².